The number of imidazole rings is 1. The number of rotatable bonds is 0. The van der Waals surface area contributed by atoms with Crippen molar-refractivity contribution in [1.82, 2.24) is 14.5 Å². The molecular formula is C9H8N4. The molecule has 0 fully saturated rings. The fourth-order valence-electron chi connectivity index (χ4n) is 1.58. The monoisotopic (exact) mass is 172 g/mol. The minimum atomic E-state index is 0.830. The lowest BCUT2D eigenvalue weighted by Crippen LogP contribution is -2.13. The molecule has 3 rings (SSSR count). The number of nitrogens with zero attached hydrogens (tertiary/aromatic N) is 3. The molecule has 64 valence electrons. The van der Waals surface area contributed by atoms with Crippen molar-refractivity contribution in [2.75, 3.05) is 5.32 Å². The van der Waals surface area contributed by atoms with Crippen LogP contribution in [-0.4, -0.2) is 14.5 Å². The average molecular weight is 172 g/mol. The Balaban J connectivity index is 2.30. The third-order valence-electron chi connectivity index (χ3n) is 2.23. The topological polar surface area (TPSA) is 42.7 Å². The number of nitrogens with one attached hydrogen (secondary N) is 1. The van der Waals surface area contributed by atoms with Crippen molar-refractivity contribution >= 4 is 5.69 Å². The van der Waals surface area contributed by atoms with Crippen LogP contribution in [0.1, 0.15) is 5.69 Å². The van der Waals surface area contributed by atoms with Crippen LogP contribution in [0.2, 0.25) is 0 Å². The SMILES string of the molecule is c1cc2c(cn1)-n1cncc1CN2. The first-order chi connectivity index (χ1) is 6.45. The van der Waals surface area contributed by atoms with Gasteiger partial charge in [0.25, 0.3) is 0 Å². The Kier molecular flexibility index (Phi) is 1.19. The van der Waals surface area contributed by atoms with Crippen LogP contribution in [0.15, 0.2) is 31.0 Å². The summed E-state index contributed by atoms with van der Waals surface area (Å²) in [4.78, 5) is 8.19. The van der Waals surface area contributed by atoms with E-state index >= 15 is 0 Å². The predicted molar refractivity (Wildman–Crippen MR) is 48.7 cm³/mol. The van der Waals surface area contributed by atoms with E-state index in [1.807, 2.05) is 24.8 Å². The number of fused-ring (bicyclic) bond motifs is 3. The molecule has 2 aromatic heterocycles. The number of hydrogen-bond donors (Lipinski definition) is 1. The largest absolute Gasteiger partial charge is 0.378 e. The first-order valence-electron chi connectivity index (χ1n) is 4.14. The quantitative estimate of drug-likeness (QED) is 0.649. The van der Waals surface area contributed by atoms with Crippen LogP contribution in [0.25, 0.3) is 5.69 Å². The van der Waals surface area contributed by atoms with E-state index in [2.05, 4.69) is 19.9 Å². The molecule has 0 atom stereocenters. The second-order valence-corrected chi connectivity index (χ2v) is 3.00. The van der Waals surface area contributed by atoms with Gasteiger partial charge >= 0.3 is 0 Å². The third kappa shape index (κ3) is 0.853. The van der Waals surface area contributed by atoms with Gasteiger partial charge in [-0.1, -0.05) is 0 Å². The van der Waals surface area contributed by atoms with Gasteiger partial charge in [0.1, 0.15) is 0 Å². The fraction of sp³-hybridized carbons (Fsp3) is 0.111. The minimum absolute atomic E-state index is 0.830. The Hall–Kier alpha value is -1.84. The van der Waals surface area contributed by atoms with Gasteiger partial charge in [-0.3, -0.25) is 9.55 Å². The summed E-state index contributed by atoms with van der Waals surface area (Å²) in [6, 6.07) is 1.97. The van der Waals surface area contributed by atoms with Gasteiger partial charge in [-0.05, 0) is 6.07 Å². The molecule has 4 heteroatoms. The molecule has 3 heterocycles. The molecule has 1 aliphatic rings. The zero-order chi connectivity index (χ0) is 8.67. The van der Waals surface area contributed by atoms with Gasteiger partial charge in [0.15, 0.2) is 0 Å². The second-order valence-electron chi connectivity index (χ2n) is 3.00. The number of anilines is 1. The van der Waals surface area contributed by atoms with Crippen LogP contribution in [0, 0.1) is 0 Å². The summed E-state index contributed by atoms with van der Waals surface area (Å²) in [6.45, 7) is 0.830. The molecule has 0 spiro atoms. The zero-order valence-electron chi connectivity index (χ0n) is 6.94. The number of pyridine rings is 1. The van der Waals surface area contributed by atoms with Crippen LogP contribution in [0.4, 0.5) is 5.69 Å². The second kappa shape index (κ2) is 2.32. The molecule has 2 aromatic rings. The van der Waals surface area contributed by atoms with Gasteiger partial charge in [-0.2, -0.15) is 0 Å². The van der Waals surface area contributed by atoms with E-state index in [-0.39, 0.29) is 0 Å². The number of aromatic nitrogens is 3. The van der Waals surface area contributed by atoms with Crippen molar-refractivity contribution < 1.29 is 0 Å². The minimum Gasteiger partial charge on any atom is -0.378 e. The Bertz CT molecular complexity index is 446. The van der Waals surface area contributed by atoms with Crippen LogP contribution in [0.3, 0.4) is 0 Å². The molecule has 1 N–H and O–H groups in total. The highest BCUT2D eigenvalue weighted by molar-refractivity contribution is 5.62. The predicted octanol–water partition coefficient (Wildman–Crippen LogP) is 1.19. The maximum absolute atomic E-state index is 4.10. The van der Waals surface area contributed by atoms with Crippen molar-refractivity contribution in [3.63, 3.8) is 0 Å². The molecule has 0 saturated heterocycles. The van der Waals surface area contributed by atoms with E-state index in [1.54, 1.807) is 6.20 Å². The Labute approximate surface area is 75.3 Å². The third-order valence-corrected chi connectivity index (χ3v) is 2.23. The molecule has 4 nitrogen and oxygen atoms in total. The lowest BCUT2D eigenvalue weighted by Gasteiger charge is -2.19. The summed E-state index contributed by atoms with van der Waals surface area (Å²) in [6.07, 6.45) is 7.31. The molecule has 0 radical (unpaired) electrons. The van der Waals surface area contributed by atoms with Gasteiger partial charge in [-0.25, -0.2) is 4.98 Å². The normalized spacial score (nSPS) is 12.9. The van der Waals surface area contributed by atoms with Crippen LogP contribution in [0.5, 0.6) is 0 Å². The highest BCUT2D eigenvalue weighted by Gasteiger charge is 2.13. The van der Waals surface area contributed by atoms with Crippen molar-refractivity contribution in [1.29, 1.82) is 0 Å². The molecule has 1 aliphatic heterocycles. The summed E-state index contributed by atoms with van der Waals surface area (Å²) >= 11 is 0. The number of hydrogen-bond acceptors (Lipinski definition) is 3. The van der Waals surface area contributed by atoms with Gasteiger partial charge in [-0.15, -0.1) is 0 Å². The highest BCUT2D eigenvalue weighted by Crippen LogP contribution is 2.24. The van der Waals surface area contributed by atoms with Crippen molar-refractivity contribution in [2.45, 2.75) is 6.54 Å². The van der Waals surface area contributed by atoms with Crippen LogP contribution in [-0.2, 0) is 6.54 Å². The average Bonchev–Trinajstić information content (AvgIpc) is 2.65. The zero-order valence-corrected chi connectivity index (χ0v) is 6.94. The fourth-order valence-corrected chi connectivity index (χ4v) is 1.58. The Morgan fingerprint density at radius 2 is 2.31 bits per heavy atom. The molecule has 13 heavy (non-hydrogen) atoms. The van der Waals surface area contributed by atoms with Gasteiger partial charge in [0.2, 0.25) is 0 Å². The standard InChI is InChI=1S/C9H8N4/c1-2-10-5-9-8(1)12-4-7-3-11-6-13(7)9/h1-3,5-6,12H,4H2. The van der Waals surface area contributed by atoms with E-state index in [1.165, 1.54) is 5.69 Å². The smallest absolute Gasteiger partial charge is 0.0995 e. The Morgan fingerprint density at radius 3 is 3.31 bits per heavy atom. The molecular weight excluding hydrogens is 164 g/mol. The summed E-state index contributed by atoms with van der Waals surface area (Å²) in [7, 11) is 0. The van der Waals surface area contributed by atoms with Gasteiger partial charge in [0, 0.05) is 6.20 Å². The lowest BCUT2D eigenvalue weighted by atomic mass is 10.2. The van der Waals surface area contributed by atoms with E-state index in [4.69, 9.17) is 0 Å². The van der Waals surface area contributed by atoms with E-state index in [0.717, 1.165) is 17.9 Å². The van der Waals surface area contributed by atoms with Gasteiger partial charge < -0.3 is 5.32 Å². The molecule has 0 saturated carbocycles. The van der Waals surface area contributed by atoms with Crippen molar-refractivity contribution in [2.24, 2.45) is 0 Å². The maximum atomic E-state index is 4.10. The molecule has 0 aliphatic carbocycles. The first-order valence-corrected chi connectivity index (χ1v) is 4.14. The summed E-state index contributed by atoms with van der Waals surface area (Å²) in [5.74, 6) is 0. The first kappa shape index (κ1) is 6.65. The van der Waals surface area contributed by atoms with E-state index in [0.29, 0.717) is 0 Å². The molecule has 0 unspecified atom stereocenters. The van der Waals surface area contributed by atoms with E-state index < -0.39 is 0 Å². The van der Waals surface area contributed by atoms with Gasteiger partial charge in [0.05, 0.1) is 42.3 Å². The summed E-state index contributed by atoms with van der Waals surface area (Å²) in [5.41, 5.74) is 3.35. The van der Waals surface area contributed by atoms with E-state index in [9.17, 15) is 0 Å². The summed E-state index contributed by atoms with van der Waals surface area (Å²) < 4.78 is 2.05. The molecule has 0 bridgehead atoms. The summed E-state index contributed by atoms with van der Waals surface area (Å²) in [5, 5.41) is 3.30. The van der Waals surface area contributed by atoms with Crippen LogP contribution < -0.4 is 5.32 Å². The highest BCUT2D eigenvalue weighted by atomic mass is 15.1. The maximum Gasteiger partial charge on any atom is 0.0995 e. The molecule has 0 aromatic carbocycles. The van der Waals surface area contributed by atoms with Crippen molar-refractivity contribution in [3.8, 4) is 5.69 Å². The Morgan fingerprint density at radius 1 is 1.31 bits per heavy atom. The van der Waals surface area contributed by atoms with Crippen LogP contribution >= 0.6 is 0 Å². The lowest BCUT2D eigenvalue weighted by molar-refractivity contribution is 0.898. The molecule has 0 amide bonds. The van der Waals surface area contributed by atoms with Crippen molar-refractivity contribution in [3.05, 3.63) is 36.7 Å².